The number of amides is 2. The maximum Gasteiger partial charge on any atom is 0.286 e. The Kier molecular flexibility index (Phi) is 5.73. The van der Waals surface area contributed by atoms with Gasteiger partial charge in [0.25, 0.3) is 5.91 Å². The maximum atomic E-state index is 12.6. The van der Waals surface area contributed by atoms with Crippen molar-refractivity contribution in [2.45, 2.75) is 12.5 Å². The summed E-state index contributed by atoms with van der Waals surface area (Å²) >= 11 is 6.30. The van der Waals surface area contributed by atoms with Crippen molar-refractivity contribution < 1.29 is 14.0 Å². The minimum Gasteiger partial charge on any atom is -0.459 e. The molecule has 1 saturated heterocycles. The molecule has 132 valence electrons. The molecule has 1 atom stereocenters. The third-order valence-electron chi connectivity index (χ3n) is 4.20. The molecule has 2 N–H and O–H groups in total. The predicted molar refractivity (Wildman–Crippen MR) is 94.4 cm³/mol. The van der Waals surface area contributed by atoms with Gasteiger partial charge in [0.05, 0.1) is 12.3 Å². The van der Waals surface area contributed by atoms with Crippen molar-refractivity contribution in [3.8, 4) is 0 Å². The first-order valence-electron chi connectivity index (χ1n) is 8.23. The van der Waals surface area contributed by atoms with Crippen molar-refractivity contribution in [1.82, 2.24) is 15.5 Å². The summed E-state index contributed by atoms with van der Waals surface area (Å²) in [7, 11) is 0. The molecule has 1 aliphatic rings. The third-order valence-corrected chi connectivity index (χ3v) is 4.54. The molecule has 0 radical (unpaired) electrons. The number of carbonyl (C=O) groups excluding carboxylic acids is 2. The number of hydrogen-bond donors (Lipinski definition) is 2. The standard InChI is InChI=1S/C18H20ClN3O3/c19-14-5-2-1-4-13(14)15-12-20-9-10-22(15)17(23)7-8-21-18(24)16-6-3-11-25-16/h1-6,11,15,20H,7-10,12H2,(H,21,24). The fraction of sp³-hybridized carbons (Fsp3) is 0.333. The summed E-state index contributed by atoms with van der Waals surface area (Å²) in [5, 5.41) is 6.66. The van der Waals surface area contributed by atoms with Crippen LogP contribution in [0, 0.1) is 0 Å². The number of benzene rings is 1. The Hall–Kier alpha value is -2.31. The van der Waals surface area contributed by atoms with Crippen molar-refractivity contribution in [2.24, 2.45) is 0 Å². The Labute approximate surface area is 151 Å². The van der Waals surface area contributed by atoms with E-state index in [1.807, 2.05) is 29.2 Å². The minimum atomic E-state index is -0.319. The second kappa shape index (κ2) is 8.18. The lowest BCUT2D eigenvalue weighted by Gasteiger charge is -2.37. The van der Waals surface area contributed by atoms with E-state index in [1.165, 1.54) is 6.26 Å². The van der Waals surface area contributed by atoms with E-state index < -0.39 is 0 Å². The summed E-state index contributed by atoms with van der Waals surface area (Å²) < 4.78 is 5.03. The second-order valence-corrected chi connectivity index (χ2v) is 6.22. The van der Waals surface area contributed by atoms with Gasteiger partial charge in [-0.3, -0.25) is 9.59 Å². The van der Waals surface area contributed by atoms with Crippen LogP contribution in [0.4, 0.5) is 0 Å². The first-order chi connectivity index (χ1) is 12.2. The number of halogens is 1. The zero-order valence-corrected chi connectivity index (χ0v) is 14.5. The van der Waals surface area contributed by atoms with Gasteiger partial charge in [0.1, 0.15) is 0 Å². The highest BCUT2D eigenvalue weighted by atomic mass is 35.5. The fourth-order valence-corrected chi connectivity index (χ4v) is 3.21. The van der Waals surface area contributed by atoms with Crippen LogP contribution in [-0.4, -0.2) is 42.9 Å². The van der Waals surface area contributed by atoms with Crippen LogP contribution in [0.3, 0.4) is 0 Å². The summed E-state index contributed by atoms with van der Waals surface area (Å²) in [6.07, 6.45) is 1.67. The molecular weight excluding hydrogens is 342 g/mol. The number of nitrogens with zero attached hydrogens (tertiary/aromatic N) is 1. The molecule has 6 nitrogen and oxygen atoms in total. The van der Waals surface area contributed by atoms with Crippen molar-refractivity contribution >= 4 is 23.4 Å². The highest BCUT2D eigenvalue weighted by Gasteiger charge is 2.28. The molecule has 1 aromatic carbocycles. The lowest BCUT2D eigenvalue weighted by atomic mass is 10.0. The Morgan fingerprint density at radius 3 is 2.88 bits per heavy atom. The lowest BCUT2D eigenvalue weighted by molar-refractivity contribution is -0.134. The van der Waals surface area contributed by atoms with Gasteiger partial charge < -0.3 is 20.0 Å². The van der Waals surface area contributed by atoms with Crippen LogP contribution >= 0.6 is 11.6 Å². The summed E-state index contributed by atoms with van der Waals surface area (Å²) in [4.78, 5) is 26.3. The van der Waals surface area contributed by atoms with Gasteiger partial charge in [0, 0.05) is 37.6 Å². The van der Waals surface area contributed by atoms with Crippen molar-refractivity contribution in [1.29, 1.82) is 0 Å². The lowest BCUT2D eigenvalue weighted by Crippen LogP contribution is -2.49. The fourth-order valence-electron chi connectivity index (χ4n) is 2.95. The zero-order valence-electron chi connectivity index (χ0n) is 13.7. The maximum absolute atomic E-state index is 12.6. The summed E-state index contributed by atoms with van der Waals surface area (Å²) in [6.45, 7) is 2.28. The van der Waals surface area contributed by atoms with Gasteiger partial charge in [-0.2, -0.15) is 0 Å². The molecule has 2 heterocycles. The molecule has 0 spiro atoms. The zero-order chi connectivity index (χ0) is 17.6. The van der Waals surface area contributed by atoms with Gasteiger partial charge >= 0.3 is 0 Å². The van der Waals surface area contributed by atoms with Crippen molar-refractivity contribution in [2.75, 3.05) is 26.2 Å². The molecule has 3 rings (SSSR count). The Morgan fingerprint density at radius 2 is 2.12 bits per heavy atom. The van der Waals surface area contributed by atoms with Crippen LogP contribution in [0.2, 0.25) is 5.02 Å². The molecule has 7 heteroatoms. The molecule has 1 aromatic heterocycles. The van der Waals surface area contributed by atoms with Crippen LogP contribution < -0.4 is 10.6 Å². The topological polar surface area (TPSA) is 74.6 Å². The minimum absolute atomic E-state index is 0.00818. The highest BCUT2D eigenvalue weighted by Crippen LogP contribution is 2.28. The van der Waals surface area contributed by atoms with E-state index in [4.69, 9.17) is 16.0 Å². The number of carbonyl (C=O) groups is 2. The highest BCUT2D eigenvalue weighted by molar-refractivity contribution is 6.31. The largest absolute Gasteiger partial charge is 0.459 e. The Bertz CT molecular complexity index is 733. The van der Waals surface area contributed by atoms with E-state index in [-0.39, 0.29) is 36.6 Å². The van der Waals surface area contributed by atoms with Crippen LogP contribution in [0.15, 0.2) is 47.1 Å². The SMILES string of the molecule is O=C(NCCC(=O)N1CCNCC1c1ccccc1Cl)c1ccco1. The number of piperazine rings is 1. The van der Waals surface area contributed by atoms with Crippen LogP contribution in [0.5, 0.6) is 0 Å². The predicted octanol–water partition coefficient (Wildman–Crippen LogP) is 2.23. The van der Waals surface area contributed by atoms with E-state index in [1.54, 1.807) is 12.1 Å². The average molecular weight is 362 g/mol. The van der Waals surface area contributed by atoms with E-state index in [0.29, 0.717) is 18.1 Å². The summed E-state index contributed by atoms with van der Waals surface area (Å²) in [5.41, 5.74) is 0.935. The monoisotopic (exact) mass is 361 g/mol. The van der Waals surface area contributed by atoms with Gasteiger partial charge in [0.15, 0.2) is 5.76 Å². The van der Waals surface area contributed by atoms with Crippen LogP contribution in [0.25, 0.3) is 0 Å². The smallest absolute Gasteiger partial charge is 0.286 e. The average Bonchev–Trinajstić information content (AvgIpc) is 3.17. The first kappa shape index (κ1) is 17.5. The van der Waals surface area contributed by atoms with E-state index in [9.17, 15) is 9.59 Å². The van der Waals surface area contributed by atoms with E-state index >= 15 is 0 Å². The van der Waals surface area contributed by atoms with Gasteiger partial charge in [-0.25, -0.2) is 0 Å². The molecule has 0 saturated carbocycles. The molecule has 25 heavy (non-hydrogen) atoms. The van der Waals surface area contributed by atoms with E-state index in [2.05, 4.69) is 10.6 Å². The molecular formula is C18H20ClN3O3. The third kappa shape index (κ3) is 4.21. The van der Waals surface area contributed by atoms with Gasteiger partial charge in [-0.05, 0) is 23.8 Å². The Morgan fingerprint density at radius 1 is 1.28 bits per heavy atom. The number of nitrogens with one attached hydrogen (secondary N) is 2. The van der Waals surface area contributed by atoms with Crippen molar-refractivity contribution in [3.63, 3.8) is 0 Å². The van der Waals surface area contributed by atoms with Crippen LogP contribution in [0.1, 0.15) is 28.6 Å². The quantitative estimate of drug-likeness (QED) is 0.856. The number of furan rings is 1. The molecule has 1 fully saturated rings. The molecule has 2 amide bonds. The first-order valence-corrected chi connectivity index (χ1v) is 8.61. The van der Waals surface area contributed by atoms with Gasteiger partial charge in [0.2, 0.25) is 5.91 Å². The molecule has 0 bridgehead atoms. The number of rotatable bonds is 5. The van der Waals surface area contributed by atoms with E-state index in [0.717, 1.165) is 12.1 Å². The Balaban J connectivity index is 1.59. The summed E-state index contributed by atoms with van der Waals surface area (Å²) in [5.74, 6) is -0.0875. The number of hydrogen-bond acceptors (Lipinski definition) is 4. The normalized spacial score (nSPS) is 17.3. The van der Waals surface area contributed by atoms with Crippen molar-refractivity contribution in [3.05, 3.63) is 59.0 Å². The molecule has 0 aliphatic carbocycles. The van der Waals surface area contributed by atoms with Gasteiger partial charge in [-0.15, -0.1) is 0 Å². The molecule has 1 aliphatic heterocycles. The second-order valence-electron chi connectivity index (χ2n) is 5.81. The molecule has 1 unspecified atom stereocenters. The summed E-state index contributed by atoms with van der Waals surface area (Å²) in [6, 6.07) is 10.7. The van der Waals surface area contributed by atoms with Gasteiger partial charge in [-0.1, -0.05) is 29.8 Å². The molecule has 2 aromatic rings. The van der Waals surface area contributed by atoms with Crippen LogP contribution in [-0.2, 0) is 4.79 Å².